The van der Waals surface area contributed by atoms with E-state index in [4.69, 9.17) is 85.3 Å². The molecule has 24 heteroatoms. The number of fused-ring (bicyclic) bond motifs is 2. The Hall–Kier alpha value is -7.56. The van der Waals surface area contributed by atoms with Gasteiger partial charge in [0.15, 0.2) is 23.0 Å². The summed E-state index contributed by atoms with van der Waals surface area (Å²) in [5.74, 6) is -1.19. The fourth-order valence-corrected chi connectivity index (χ4v) is 10.5. The van der Waals surface area contributed by atoms with Gasteiger partial charge in [0.1, 0.15) is 39.6 Å². The second-order valence-electron chi connectivity index (χ2n) is 20.3. The third-order valence-corrected chi connectivity index (χ3v) is 14.6. The summed E-state index contributed by atoms with van der Waals surface area (Å²) in [5, 5.41) is 5.08. The number of methoxy groups -OCH3 is 6. The number of nitrogens with zero attached hydrogens (tertiary/aromatic N) is 2. The maximum atomic E-state index is 15.2. The van der Waals surface area contributed by atoms with E-state index in [9.17, 15) is 0 Å². The molecular formula is C66H78N2O22. The highest BCUT2D eigenvalue weighted by Gasteiger charge is 2.39. The van der Waals surface area contributed by atoms with Gasteiger partial charge in [0.05, 0.1) is 130 Å². The van der Waals surface area contributed by atoms with Gasteiger partial charge in [-0.3, -0.25) is 19.2 Å². The zero-order chi connectivity index (χ0) is 63.2. The highest BCUT2D eigenvalue weighted by Crippen LogP contribution is 2.50. The van der Waals surface area contributed by atoms with Crippen LogP contribution >= 0.6 is 0 Å². The quantitative estimate of drug-likeness (QED) is 0.0155. The molecule has 0 saturated heterocycles. The number of hydrogen-bond donors (Lipinski definition) is 0. The first-order chi connectivity index (χ1) is 44.2. The summed E-state index contributed by atoms with van der Waals surface area (Å²) in [6, 6.07) is 20.5. The standard InChI is InChI=1S/C66H78N2O22/c1-73-15-21-79-27-33-85-53-39-43(40-54(86-34-28-80-22-16-74-2)61(53)89-37-31-83-25-19-77-5)67-63(69)49-11-7-45-47-9-13-51-60-52(14-10-48(58(47)60)46-8-12-50(64(67)70)59(49)57(45)46)66(72)68(65(51)71)44-41-55(87-35-29-81-23-17-75-3)62(90-38-32-84-26-20-78-6)56(42-44)88-36-30-82-24-18-76-4/h7-14,39-42H,15-38H2,1-6H3. The van der Waals surface area contributed by atoms with Crippen LogP contribution in [0.15, 0.2) is 72.8 Å². The molecule has 90 heavy (non-hydrogen) atoms. The van der Waals surface area contributed by atoms with Gasteiger partial charge in [-0.05, 0) is 56.6 Å². The molecule has 7 aromatic rings. The van der Waals surface area contributed by atoms with E-state index in [-0.39, 0.29) is 147 Å². The number of benzene rings is 7. The summed E-state index contributed by atoms with van der Waals surface area (Å²) in [7, 11) is 9.50. The number of carbonyl (C=O) groups is 4. The first-order valence-electron chi connectivity index (χ1n) is 29.7. The van der Waals surface area contributed by atoms with Crippen molar-refractivity contribution in [2.75, 3.05) is 211 Å². The molecule has 0 spiro atoms. The Morgan fingerprint density at radius 1 is 0.256 bits per heavy atom. The molecule has 0 fully saturated rings. The van der Waals surface area contributed by atoms with Crippen molar-refractivity contribution in [2.45, 2.75) is 0 Å². The van der Waals surface area contributed by atoms with Crippen LogP contribution in [0.1, 0.15) is 41.4 Å². The van der Waals surface area contributed by atoms with Gasteiger partial charge in [0, 0.05) is 100.0 Å². The van der Waals surface area contributed by atoms with Crippen LogP contribution in [0.5, 0.6) is 34.5 Å². The van der Waals surface area contributed by atoms with Crippen molar-refractivity contribution in [3.05, 3.63) is 95.1 Å². The van der Waals surface area contributed by atoms with E-state index < -0.39 is 23.6 Å². The Labute approximate surface area is 521 Å². The Kier molecular flexibility index (Phi) is 25.3. The maximum Gasteiger partial charge on any atom is 0.265 e. The van der Waals surface area contributed by atoms with Gasteiger partial charge in [0.25, 0.3) is 23.6 Å². The van der Waals surface area contributed by atoms with Crippen molar-refractivity contribution in [1.29, 1.82) is 0 Å². The van der Waals surface area contributed by atoms with Crippen molar-refractivity contribution in [1.82, 2.24) is 0 Å². The van der Waals surface area contributed by atoms with Crippen LogP contribution in [0.25, 0.3) is 43.1 Å². The smallest absolute Gasteiger partial charge is 0.265 e. The van der Waals surface area contributed by atoms with E-state index in [1.165, 1.54) is 0 Å². The molecule has 7 aromatic carbocycles. The Morgan fingerprint density at radius 2 is 0.467 bits per heavy atom. The number of rotatable bonds is 44. The van der Waals surface area contributed by atoms with Crippen LogP contribution in [0.2, 0.25) is 0 Å². The van der Waals surface area contributed by atoms with Crippen LogP contribution in [0, 0.1) is 0 Å². The fraction of sp³-hybridized carbons (Fsp3) is 0.455. The second kappa shape index (κ2) is 34.0. The summed E-state index contributed by atoms with van der Waals surface area (Å²) >= 11 is 0. The number of amides is 4. The molecule has 484 valence electrons. The SMILES string of the molecule is COCCOCCOc1cc(N2C(=O)c3ccc4c5ccc6c7c(ccc(c8ccc(c3c48)C2=O)c75)C(=O)N(c2cc(OCCOCCOC)c(OCCOCCOC)c(OCCOCCOC)c2)C6=O)cc(OCCOCCOC)c1OCCOCCOC. The molecule has 0 atom stereocenters. The Morgan fingerprint density at radius 3 is 0.689 bits per heavy atom. The summed E-state index contributed by atoms with van der Waals surface area (Å²) in [6.45, 7) is 6.09. The predicted molar refractivity (Wildman–Crippen MR) is 332 cm³/mol. The van der Waals surface area contributed by atoms with Crippen LogP contribution in [0.3, 0.4) is 0 Å². The lowest BCUT2D eigenvalue weighted by Crippen LogP contribution is -2.40. The summed E-state index contributed by atoms with van der Waals surface area (Å²) in [5.41, 5.74) is 1.41. The molecule has 0 unspecified atom stereocenters. The van der Waals surface area contributed by atoms with E-state index in [1.807, 2.05) is 24.3 Å². The molecule has 2 aliphatic heterocycles. The number of carbonyl (C=O) groups excluding carboxylic acids is 4. The minimum Gasteiger partial charge on any atom is -0.487 e. The van der Waals surface area contributed by atoms with E-state index >= 15 is 19.2 Å². The Bertz CT molecular complexity index is 3120. The van der Waals surface area contributed by atoms with Crippen molar-refractivity contribution in [3.63, 3.8) is 0 Å². The van der Waals surface area contributed by atoms with Gasteiger partial charge in [-0.15, -0.1) is 0 Å². The lowest BCUT2D eigenvalue weighted by Gasteiger charge is -2.31. The third kappa shape index (κ3) is 15.6. The fourth-order valence-electron chi connectivity index (χ4n) is 10.5. The Balaban J connectivity index is 1.07. The number of ether oxygens (including phenoxy) is 18. The largest absolute Gasteiger partial charge is 0.487 e. The number of imide groups is 2. The molecule has 0 saturated carbocycles. The zero-order valence-electron chi connectivity index (χ0n) is 51.8. The van der Waals surface area contributed by atoms with Gasteiger partial charge >= 0.3 is 0 Å². The van der Waals surface area contributed by atoms with E-state index in [2.05, 4.69) is 0 Å². The van der Waals surface area contributed by atoms with Gasteiger partial charge in [0.2, 0.25) is 11.5 Å². The summed E-state index contributed by atoms with van der Waals surface area (Å²) in [6.07, 6.45) is 0. The summed E-state index contributed by atoms with van der Waals surface area (Å²) in [4.78, 5) is 62.9. The first kappa shape index (κ1) is 66.8. The van der Waals surface area contributed by atoms with Crippen LogP contribution < -0.4 is 38.2 Å². The molecule has 0 aliphatic carbocycles. The average Bonchev–Trinajstić information content (AvgIpc) is 0.695. The summed E-state index contributed by atoms with van der Waals surface area (Å²) < 4.78 is 103. The molecule has 9 rings (SSSR count). The van der Waals surface area contributed by atoms with Gasteiger partial charge in [-0.25, -0.2) is 9.80 Å². The minimum absolute atomic E-state index is 0.0742. The lowest BCUT2D eigenvalue weighted by molar-refractivity contribution is 0.0468. The van der Waals surface area contributed by atoms with Crippen molar-refractivity contribution < 1.29 is 104 Å². The number of hydrogen-bond acceptors (Lipinski definition) is 22. The highest BCUT2D eigenvalue weighted by atomic mass is 16.6. The van der Waals surface area contributed by atoms with Gasteiger partial charge < -0.3 is 85.3 Å². The topological polar surface area (TPSA) is 241 Å². The molecule has 0 N–H and O–H groups in total. The average molecular weight is 1250 g/mol. The van der Waals surface area contributed by atoms with Crippen molar-refractivity contribution in [2.24, 2.45) is 0 Å². The molecular weight excluding hydrogens is 1170 g/mol. The zero-order valence-corrected chi connectivity index (χ0v) is 51.8. The van der Waals surface area contributed by atoms with Gasteiger partial charge in [-0.2, -0.15) is 0 Å². The predicted octanol–water partition coefficient (Wildman–Crippen LogP) is 7.59. The molecule has 24 nitrogen and oxygen atoms in total. The van der Waals surface area contributed by atoms with Crippen LogP contribution in [-0.4, -0.2) is 225 Å². The molecule has 2 heterocycles. The third-order valence-electron chi connectivity index (χ3n) is 14.6. The molecule has 0 aromatic heterocycles. The molecule has 0 bridgehead atoms. The molecule has 0 radical (unpaired) electrons. The van der Waals surface area contributed by atoms with Gasteiger partial charge in [-0.1, -0.05) is 24.3 Å². The number of anilines is 2. The minimum atomic E-state index is -0.592. The van der Waals surface area contributed by atoms with E-state index in [1.54, 1.807) is 91.2 Å². The maximum absolute atomic E-state index is 15.2. The monoisotopic (exact) mass is 1250 g/mol. The van der Waals surface area contributed by atoms with Crippen LogP contribution in [-0.2, 0) is 56.8 Å². The van der Waals surface area contributed by atoms with E-state index in [0.29, 0.717) is 122 Å². The lowest BCUT2D eigenvalue weighted by atomic mass is 9.82. The normalized spacial score (nSPS) is 13.1. The highest BCUT2D eigenvalue weighted by molar-refractivity contribution is 6.45. The van der Waals surface area contributed by atoms with Crippen molar-refractivity contribution in [3.8, 4) is 34.5 Å². The first-order valence-corrected chi connectivity index (χ1v) is 29.7. The second-order valence-corrected chi connectivity index (χ2v) is 20.3. The van der Waals surface area contributed by atoms with E-state index in [0.717, 1.165) is 9.80 Å². The molecule has 2 aliphatic rings. The molecule has 4 amide bonds. The van der Waals surface area contributed by atoms with Crippen molar-refractivity contribution >= 4 is 78.1 Å². The van der Waals surface area contributed by atoms with Crippen LogP contribution in [0.4, 0.5) is 11.4 Å².